The number of nitrogens with zero attached hydrogens (tertiary/aromatic N) is 2. The second-order valence-corrected chi connectivity index (χ2v) is 6.77. The first-order chi connectivity index (χ1) is 10.1. The molecule has 0 radical (unpaired) electrons. The van der Waals surface area contributed by atoms with Crippen LogP contribution in [0.1, 0.15) is 57.6 Å². The maximum atomic E-state index is 4.78. The Labute approximate surface area is 130 Å². The van der Waals surface area contributed by atoms with Crippen molar-refractivity contribution in [1.29, 1.82) is 0 Å². The molecule has 1 aromatic heterocycles. The van der Waals surface area contributed by atoms with Crippen molar-refractivity contribution in [3.05, 3.63) is 23.4 Å². The third kappa shape index (κ3) is 4.99. The molecule has 1 fully saturated rings. The lowest BCUT2D eigenvalue weighted by Crippen LogP contribution is -2.29. The van der Waals surface area contributed by atoms with Crippen molar-refractivity contribution in [2.24, 2.45) is 5.92 Å². The van der Waals surface area contributed by atoms with Crippen molar-refractivity contribution in [2.45, 2.75) is 66.0 Å². The molecule has 2 rings (SSSR count). The molecule has 1 saturated carbocycles. The van der Waals surface area contributed by atoms with Gasteiger partial charge in [-0.3, -0.25) is 0 Å². The van der Waals surface area contributed by atoms with E-state index in [9.17, 15) is 0 Å². The highest BCUT2D eigenvalue weighted by Gasteiger charge is 2.30. The minimum Gasteiger partial charge on any atom is -0.353 e. The predicted octanol–water partition coefficient (Wildman–Crippen LogP) is 3.90. The van der Waals surface area contributed by atoms with Crippen LogP contribution in [0.25, 0.3) is 0 Å². The molecule has 21 heavy (non-hydrogen) atoms. The summed E-state index contributed by atoms with van der Waals surface area (Å²) in [5.74, 6) is 1.96. The molecule has 1 aliphatic carbocycles. The van der Waals surface area contributed by atoms with Gasteiger partial charge < -0.3 is 10.2 Å². The van der Waals surface area contributed by atoms with Crippen LogP contribution in [0.2, 0.25) is 0 Å². The van der Waals surface area contributed by atoms with Gasteiger partial charge in [0.25, 0.3) is 0 Å². The monoisotopic (exact) mass is 289 g/mol. The van der Waals surface area contributed by atoms with Crippen LogP contribution >= 0.6 is 0 Å². The Bertz CT molecular complexity index is 438. The molecule has 0 aliphatic heterocycles. The summed E-state index contributed by atoms with van der Waals surface area (Å²) in [4.78, 5) is 7.32. The number of rotatable bonds is 9. The van der Waals surface area contributed by atoms with Gasteiger partial charge in [-0.1, -0.05) is 20.8 Å². The quantitative estimate of drug-likeness (QED) is 0.699. The summed E-state index contributed by atoms with van der Waals surface area (Å²) in [5, 5.41) is 3.45. The summed E-state index contributed by atoms with van der Waals surface area (Å²) in [6.07, 6.45) is 7.14. The molecule has 1 aromatic rings. The first-order valence-corrected chi connectivity index (χ1v) is 8.54. The average Bonchev–Trinajstić information content (AvgIpc) is 3.25. The molecule has 0 atom stereocenters. The summed E-state index contributed by atoms with van der Waals surface area (Å²) in [7, 11) is 0. The normalized spacial score (nSPS) is 14.7. The highest BCUT2D eigenvalue weighted by molar-refractivity contribution is 5.49. The van der Waals surface area contributed by atoms with Crippen molar-refractivity contribution in [1.82, 2.24) is 10.3 Å². The van der Waals surface area contributed by atoms with E-state index in [0.717, 1.165) is 31.6 Å². The smallest absolute Gasteiger partial charge is 0.131 e. The lowest BCUT2D eigenvalue weighted by Gasteiger charge is -2.26. The lowest BCUT2D eigenvalue weighted by molar-refractivity contribution is 0.568. The summed E-state index contributed by atoms with van der Waals surface area (Å²) in [6.45, 7) is 12.1. The Hall–Kier alpha value is -1.09. The van der Waals surface area contributed by atoms with E-state index in [4.69, 9.17) is 4.98 Å². The fraction of sp³-hybridized carbons (Fsp3) is 0.722. The molecule has 0 aromatic carbocycles. The van der Waals surface area contributed by atoms with Gasteiger partial charge in [0.05, 0.1) is 0 Å². The van der Waals surface area contributed by atoms with Crippen LogP contribution in [0.5, 0.6) is 0 Å². The minimum absolute atomic E-state index is 0.735. The van der Waals surface area contributed by atoms with E-state index in [1.807, 2.05) is 0 Å². The number of aromatic nitrogens is 1. The molecule has 3 heteroatoms. The van der Waals surface area contributed by atoms with Crippen LogP contribution in [0.3, 0.4) is 0 Å². The predicted molar refractivity (Wildman–Crippen MR) is 90.8 cm³/mol. The van der Waals surface area contributed by atoms with E-state index in [1.54, 1.807) is 0 Å². The highest BCUT2D eigenvalue weighted by Crippen LogP contribution is 2.32. The molecule has 1 heterocycles. The Morgan fingerprint density at radius 2 is 2.14 bits per heavy atom. The van der Waals surface area contributed by atoms with E-state index in [-0.39, 0.29) is 0 Å². The number of hydrogen-bond donors (Lipinski definition) is 1. The molecule has 118 valence electrons. The number of nitrogens with one attached hydrogen (secondary N) is 1. The first kappa shape index (κ1) is 16.3. The molecule has 3 nitrogen and oxygen atoms in total. The third-order valence-electron chi connectivity index (χ3n) is 4.07. The van der Waals surface area contributed by atoms with Crippen molar-refractivity contribution >= 4 is 5.82 Å². The molecule has 1 aliphatic rings. The van der Waals surface area contributed by atoms with Gasteiger partial charge in [0.2, 0.25) is 0 Å². The second kappa shape index (κ2) is 7.79. The molecule has 0 saturated heterocycles. The number of anilines is 1. The fourth-order valence-corrected chi connectivity index (χ4v) is 2.68. The number of hydrogen-bond acceptors (Lipinski definition) is 3. The van der Waals surface area contributed by atoms with Crippen LogP contribution in [0, 0.1) is 12.8 Å². The average molecular weight is 289 g/mol. The Kier molecular flexibility index (Phi) is 6.04. The zero-order valence-corrected chi connectivity index (χ0v) is 14.2. The molecule has 0 amide bonds. The van der Waals surface area contributed by atoms with E-state index >= 15 is 0 Å². The standard InChI is InChI=1S/C18H31N3/c1-5-9-19-12-16-11-15(4)18(20-13-16)21(17-6-7-17)10-8-14(2)3/h11,13-14,17,19H,5-10,12H2,1-4H3. The van der Waals surface area contributed by atoms with Gasteiger partial charge in [0.15, 0.2) is 0 Å². The summed E-state index contributed by atoms with van der Waals surface area (Å²) >= 11 is 0. The largest absolute Gasteiger partial charge is 0.353 e. The van der Waals surface area contributed by atoms with Crippen molar-refractivity contribution in [3.63, 3.8) is 0 Å². The summed E-state index contributed by atoms with van der Waals surface area (Å²) in [6, 6.07) is 3.04. The van der Waals surface area contributed by atoms with Crippen LogP contribution in [0.15, 0.2) is 12.3 Å². The summed E-state index contributed by atoms with van der Waals surface area (Å²) < 4.78 is 0. The SMILES string of the molecule is CCCNCc1cnc(N(CCC(C)C)C2CC2)c(C)c1. The van der Waals surface area contributed by atoms with Gasteiger partial charge in [-0.2, -0.15) is 0 Å². The molecular formula is C18H31N3. The van der Waals surface area contributed by atoms with Crippen LogP contribution in [-0.4, -0.2) is 24.1 Å². The maximum absolute atomic E-state index is 4.78. The van der Waals surface area contributed by atoms with Gasteiger partial charge in [-0.05, 0) is 62.3 Å². The summed E-state index contributed by atoms with van der Waals surface area (Å²) in [5.41, 5.74) is 2.62. The first-order valence-electron chi connectivity index (χ1n) is 8.54. The van der Waals surface area contributed by atoms with Gasteiger partial charge >= 0.3 is 0 Å². The Morgan fingerprint density at radius 1 is 1.38 bits per heavy atom. The molecule has 0 spiro atoms. The van der Waals surface area contributed by atoms with E-state index in [2.05, 4.69) is 50.2 Å². The van der Waals surface area contributed by atoms with Gasteiger partial charge in [-0.25, -0.2) is 4.98 Å². The van der Waals surface area contributed by atoms with Crippen LogP contribution in [-0.2, 0) is 6.54 Å². The molecule has 0 unspecified atom stereocenters. The van der Waals surface area contributed by atoms with Crippen molar-refractivity contribution < 1.29 is 0 Å². The second-order valence-electron chi connectivity index (χ2n) is 6.77. The maximum Gasteiger partial charge on any atom is 0.131 e. The van der Waals surface area contributed by atoms with Crippen LogP contribution in [0.4, 0.5) is 5.82 Å². The topological polar surface area (TPSA) is 28.2 Å². The van der Waals surface area contributed by atoms with E-state index in [0.29, 0.717) is 0 Å². The van der Waals surface area contributed by atoms with E-state index < -0.39 is 0 Å². The number of aryl methyl sites for hydroxylation is 1. The van der Waals surface area contributed by atoms with Gasteiger partial charge in [0, 0.05) is 25.3 Å². The third-order valence-corrected chi connectivity index (χ3v) is 4.07. The molecular weight excluding hydrogens is 258 g/mol. The van der Waals surface area contributed by atoms with E-state index in [1.165, 1.54) is 42.6 Å². The number of pyridine rings is 1. The minimum atomic E-state index is 0.735. The Balaban J connectivity index is 2.03. The molecule has 1 N–H and O–H groups in total. The fourth-order valence-electron chi connectivity index (χ4n) is 2.68. The zero-order valence-electron chi connectivity index (χ0n) is 14.2. The molecule has 0 bridgehead atoms. The highest BCUT2D eigenvalue weighted by atomic mass is 15.2. The lowest BCUT2D eigenvalue weighted by atomic mass is 10.1. The zero-order chi connectivity index (χ0) is 15.2. The van der Waals surface area contributed by atoms with Gasteiger partial charge in [0.1, 0.15) is 5.82 Å². The van der Waals surface area contributed by atoms with Crippen LogP contribution < -0.4 is 10.2 Å². The van der Waals surface area contributed by atoms with Crippen molar-refractivity contribution in [3.8, 4) is 0 Å². The van der Waals surface area contributed by atoms with Gasteiger partial charge in [-0.15, -0.1) is 0 Å². The Morgan fingerprint density at radius 3 is 2.71 bits per heavy atom. The van der Waals surface area contributed by atoms with Crippen molar-refractivity contribution in [2.75, 3.05) is 18.0 Å².